The zero-order valence-electron chi connectivity index (χ0n) is 11.0. The summed E-state index contributed by atoms with van der Waals surface area (Å²) in [5, 5.41) is 8.69. The van der Waals surface area contributed by atoms with Gasteiger partial charge in [0.15, 0.2) is 5.82 Å². The van der Waals surface area contributed by atoms with Gasteiger partial charge in [-0.25, -0.2) is 9.97 Å². The Kier molecular flexibility index (Phi) is 4.27. The number of nitrogens with two attached hydrogens (primary N) is 1. The van der Waals surface area contributed by atoms with E-state index >= 15 is 0 Å². The summed E-state index contributed by atoms with van der Waals surface area (Å²) in [5.74, 6) is 0.365. The molecule has 0 fully saturated rings. The predicted molar refractivity (Wildman–Crippen MR) is 73.2 cm³/mol. The largest absolute Gasteiger partial charge is 0.497 e. The number of aliphatic carboxylic acids is 1. The Balaban J connectivity index is 2.16. The predicted octanol–water partition coefficient (Wildman–Crippen LogP) is 1.63. The molecule has 20 heavy (non-hydrogen) atoms. The van der Waals surface area contributed by atoms with E-state index in [9.17, 15) is 4.79 Å². The molecule has 0 bridgehead atoms. The van der Waals surface area contributed by atoms with E-state index in [-0.39, 0.29) is 6.42 Å². The molecule has 6 heteroatoms. The summed E-state index contributed by atoms with van der Waals surface area (Å²) >= 11 is 0. The number of benzene rings is 1. The van der Waals surface area contributed by atoms with Crippen molar-refractivity contribution in [2.45, 2.75) is 12.5 Å². The zero-order chi connectivity index (χ0) is 14.5. The molecule has 0 unspecified atom stereocenters. The molecule has 0 spiro atoms. The Hall–Kier alpha value is -2.47. The van der Waals surface area contributed by atoms with Crippen molar-refractivity contribution < 1.29 is 14.6 Å². The van der Waals surface area contributed by atoms with E-state index in [0.29, 0.717) is 11.4 Å². The minimum atomic E-state index is -0.947. The minimum Gasteiger partial charge on any atom is -0.497 e. The van der Waals surface area contributed by atoms with Crippen molar-refractivity contribution >= 4 is 5.97 Å². The van der Waals surface area contributed by atoms with E-state index in [2.05, 4.69) is 9.97 Å². The van der Waals surface area contributed by atoms with Crippen molar-refractivity contribution in [2.75, 3.05) is 7.11 Å². The first-order valence-corrected chi connectivity index (χ1v) is 6.04. The third kappa shape index (κ3) is 3.30. The molecular formula is C14H15N3O3. The molecule has 3 N–H and O–H groups in total. The highest BCUT2D eigenvalue weighted by atomic mass is 16.5. The summed E-state index contributed by atoms with van der Waals surface area (Å²) in [7, 11) is 1.60. The average Bonchev–Trinajstić information content (AvgIpc) is 2.47. The monoisotopic (exact) mass is 273 g/mol. The summed E-state index contributed by atoms with van der Waals surface area (Å²) in [5.41, 5.74) is 7.20. The number of aromatic nitrogens is 2. The van der Waals surface area contributed by atoms with E-state index in [1.54, 1.807) is 19.5 Å². The van der Waals surface area contributed by atoms with Crippen molar-refractivity contribution in [3.05, 3.63) is 42.2 Å². The number of carboxylic acids is 1. The normalized spacial score (nSPS) is 11.9. The van der Waals surface area contributed by atoms with Crippen LogP contribution in [-0.2, 0) is 4.79 Å². The Morgan fingerprint density at radius 2 is 1.90 bits per heavy atom. The molecule has 0 radical (unpaired) electrons. The molecule has 0 aliphatic rings. The molecule has 2 aromatic rings. The second kappa shape index (κ2) is 6.12. The van der Waals surface area contributed by atoms with Gasteiger partial charge in [-0.1, -0.05) is 0 Å². The van der Waals surface area contributed by atoms with Gasteiger partial charge < -0.3 is 15.6 Å². The maximum absolute atomic E-state index is 10.6. The van der Waals surface area contributed by atoms with Crippen LogP contribution in [-0.4, -0.2) is 28.2 Å². The first-order chi connectivity index (χ1) is 9.60. The van der Waals surface area contributed by atoms with Gasteiger partial charge in [-0.05, 0) is 24.3 Å². The Morgan fingerprint density at radius 1 is 1.30 bits per heavy atom. The van der Waals surface area contributed by atoms with Gasteiger partial charge in [0.05, 0.1) is 13.5 Å². The fourth-order valence-electron chi connectivity index (χ4n) is 1.72. The second-order valence-corrected chi connectivity index (χ2v) is 4.27. The van der Waals surface area contributed by atoms with Crippen molar-refractivity contribution in [1.29, 1.82) is 0 Å². The fraction of sp³-hybridized carbons (Fsp3) is 0.214. The van der Waals surface area contributed by atoms with Crippen LogP contribution in [0, 0.1) is 0 Å². The van der Waals surface area contributed by atoms with Gasteiger partial charge in [0.1, 0.15) is 5.75 Å². The highest BCUT2D eigenvalue weighted by Gasteiger charge is 2.12. The summed E-state index contributed by atoms with van der Waals surface area (Å²) in [6.45, 7) is 0. The molecule has 2 rings (SSSR count). The molecule has 0 amide bonds. The molecule has 1 aromatic carbocycles. The standard InChI is InChI=1S/C14H15N3O3/c1-20-11-4-2-9(3-5-11)14-16-7-10(8-17-14)12(15)6-13(18)19/h2-5,7-8,12H,6,15H2,1H3,(H,18,19)/t12-/m0/s1. The highest BCUT2D eigenvalue weighted by Crippen LogP contribution is 2.20. The number of rotatable bonds is 5. The van der Waals surface area contributed by atoms with Crippen LogP contribution in [0.3, 0.4) is 0 Å². The summed E-state index contributed by atoms with van der Waals surface area (Å²) in [6.07, 6.45) is 2.96. The SMILES string of the molecule is COc1ccc(-c2ncc([C@@H](N)CC(=O)O)cn2)cc1. The van der Waals surface area contributed by atoms with Gasteiger partial charge in [0.2, 0.25) is 0 Å². The second-order valence-electron chi connectivity index (χ2n) is 4.27. The smallest absolute Gasteiger partial charge is 0.305 e. The Labute approximate surface area is 116 Å². The molecule has 1 aromatic heterocycles. The molecule has 0 saturated heterocycles. The minimum absolute atomic E-state index is 0.148. The van der Waals surface area contributed by atoms with E-state index in [1.807, 2.05) is 24.3 Å². The van der Waals surface area contributed by atoms with Crippen LogP contribution in [0.2, 0.25) is 0 Å². The van der Waals surface area contributed by atoms with Crippen molar-refractivity contribution in [2.24, 2.45) is 5.73 Å². The molecule has 6 nitrogen and oxygen atoms in total. The summed E-state index contributed by atoms with van der Waals surface area (Å²) in [6, 6.07) is 6.75. The molecule has 104 valence electrons. The summed E-state index contributed by atoms with van der Waals surface area (Å²) in [4.78, 5) is 19.0. The molecule has 0 saturated carbocycles. The van der Waals surface area contributed by atoms with Crippen molar-refractivity contribution in [3.8, 4) is 17.1 Å². The summed E-state index contributed by atoms with van der Waals surface area (Å²) < 4.78 is 5.08. The van der Waals surface area contributed by atoms with Crippen LogP contribution < -0.4 is 10.5 Å². The number of hydrogen-bond donors (Lipinski definition) is 2. The van der Waals surface area contributed by atoms with Crippen molar-refractivity contribution in [3.63, 3.8) is 0 Å². The quantitative estimate of drug-likeness (QED) is 0.859. The number of methoxy groups -OCH3 is 1. The lowest BCUT2D eigenvalue weighted by atomic mass is 10.1. The van der Waals surface area contributed by atoms with E-state index in [4.69, 9.17) is 15.6 Å². The first-order valence-electron chi connectivity index (χ1n) is 6.04. The van der Waals surface area contributed by atoms with Gasteiger partial charge >= 0.3 is 5.97 Å². The highest BCUT2D eigenvalue weighted by molar-refractivity contribution is 5.67. The molecule has 1 heterocycles. The van der Waals surface area contributed by atoms with E-state index < -0.39 is 12.0 Å². The lowest BCUT2D eigenvalue weighted by molar-refractivity contribution is -0.137. The lowest BCUT2D eigenvalue weighted by Crippen LogP contribution is -2.15. The zero-order valence-corrected chi connectivity index (χ0v) is 11.0. The number of nitrogens with zero attached hydrogens (tertiary/aromatic N) is 2. The average molecular weight is 273 g/mol. The van der Waals surface area contributed by atoms with Crippen LogP contribution >= 0.6 is 0 Å². The van der Waals surface area contributed by atoms with Crippen LogP contribution in [0.25, 0.3) is 11.4 Å². The number of carbonyl (C=O) groups is 1. The van der Waals surface area contributed by atoms with Crippen LogP contribution in [0.15, 0.2) is 36.7 Å². The third-order valence-electron chi connectivity index (χ3n) is 2.84. The van der Waals surface area contributed by atoms with Crippen LogP contribution in [0.5, 0.6) is 5.75 Å². The van der Waals surface area contributed by atoms with E-state index in [1.165, 1.54) is 0 Å². The number of carboxylic acid groups (broad SMARTS) is 1. The topological polar surface area (TPSA) is 98.3 Å². The van der Waals surface area contributed by atoms with Gasteiger partial charge in [-0.2, -0.15) is 0 Å². The fourth-order valence-corrected chi connectivity index (χ4v) is 1.72. The third-order valence-corrected chi connectivity index (χ3v) is 2.84. The van der Waals surface area contributed by atoms with Gasteiger partial charge in [-0.3, -0.25) is 4.79 Å². The maximum atomic E-state index is 10.6. The maximum Gasteiger partial charge on any atom is 0.305 e. The van der Waals surface area contributed by atoms with Crippen LogP contribution in [0.4, 0.5) is 0 Å². The Bertz CT molecular complexity index is 582. The van der Waals surface area contributed by atoms with Crippen molar-refractivity contribution in [1.82, 2.24) is 9.97 Å². The molecule has 0 aliphatic carbocycles. The van der Waals surface area contributed by atoms with Gasteiger partial charge in [-0.15, -0.1) is 0 Å². The molecular weight excluding hydrogens is 258 g/mol. The number of ether oxygens (including phenoxy) is 1. The lowest BCUT2D eigenvalue weighted by Gasteiger charge is -2.09. The number of hydrogen-bond acceptors (Lipinski definition) is 5. The first kappa shape index (κ1) is 14.0. The van der Waals surface area contributed by atoms with Gasteiger partial charge in [0.25, 0.3) is 0 Å². The van der Waals surface area contributed by atoms with E-state index in [0.717, 1.165) is 11.3 Å². The van der Waals surface area contributed by atoms with Crippen LogP contribution in [0.1, 0.15) is 18.0 Å². The molecule has 1 atom stereocenters. The molecule has 0 aliphatic heterocycles. The Morgan fingerprint density at radius 3 is 2.40 bits per heavy atom. The van der Waals surface area contributed by atoms with Gasteiger partial charge in [0, 0.05) is 29.6 Å².